The fourth-order valence-electron chi connectivity index (χ4n) is 3.08. The molecule has 0 unspecified atom stereocenters. The van der Waals surface area contributed by atoms with Crippen LogP contribution in [0, 0.1) is 0 Å². The van der Waals surface area contributed by atoms with Gasteiger partial charge in [-0.05, 0) is 48.9 Å². The lowest BCUT2D eigenvalue weighted by atomic mass is 9.78. The van der Waals surface area contributed by atoms with Crippen LogP contribution in [0.15, 0.2) is 42.5 Å². The van der Waals surface area contributed by atoms with Crippen LogP contribution in [-0.2, 0) is 10.2 Å². The van der Waals surface area contributed by atoms with Gasteiger partial charge in [0.15, 0.2) is 0 Å². The molecule has 1 heterocycles. The van der Waals surface area contributed by atoms with Gasteiger partial charge in [-0.25, -0.2) is 0 Å². The summed E-state index contributed by atoms with van der Waals surface area (Å²) in [6, 6.07) is 12.7. The number of hydrogen-bond donors (Lipinski definition) is 2. The SMILES string of the molecule is CCOc1cccc(C(=O)Nc2ccc3c(c2)C(C)(C)CC(=O)N3)c1. The van der Waals surface area contributed by atoms with Crippen LogP contribution >= 0.6 is 0 Å². The van der Waals surface area contributed by atoms with Crippen molar-refractivity contribution in [2.45, 2.75) is 32.6 Å². The lowest BCUT2D eigenvalue weighted by Gasteiger charge is -2.32. The Morgan fingerprint density at radius 3 is 2.80 bits per heavy atom. The Bertz CT molecular complexity index is 827. The summed E-state index contributed by atoms with van der Waals surface area (Å²) in [6.07, 6.45) is 0.424. The quantitative estimate of drug-likeness (QED) is 0.887. The van der Waals surface area contributed by atoms with Gasteiger partial charge in [0, 0.05) is 28.8 Å². The molecule has 25 heavy (non-hydrogen) atoms. The van der Waals surface area contributed by atoms with Gasteiger partial charge in [0.2, 0.25) is 5.91 Å². The number of amides is 2. The van der Waals surface area contributed by atoms with Crippen molar-refractivity contribution in [2.24, 2.45) is 0 Å². The van der Waals surface area contributed by atoms with E-state index in [1.807, 2.05) is 39.0 Å². The molecule has 1 aliphatic rings. The molecule has 3 rings (SSSR count). The largest absolute Gasteiger partial charge is 0.494 e. The predicted molar refractivity (Wildman–Crippen MR) is 98.3 cm³/mol. The highest BCUT2D eigenvalue weighted by atomic mass is 16.5. The van der Waals surface area contributed by atoms with E-state index in [4.69, 9.17) is 4.74 Å². The molecule has 2 aromatic rings. The van der Waals surface area contributed by atoms with Gasteiger partial charge < -0.3 is 15.4 Å². The maximum absolute atomic E-state index is 12.5. The van der Waals surface area contributed by atoms with E-state index in [0.29, 0.717) is 30.0 Å². The molecule has 0 aromatic heterocycles. The summed E-state index contributed by atoms with van der Waals surface area (Å²) in [4.78, 5) is 24.3. The first-order chi connectivity index (χ1) is 11.9. The Labute approximate surface area is 147 Å². The second kappa shape index (κ2) is 6.59. The molecule has 5 nitrogen and oxygen atoms in total. The van der Waals surface area contributed by atoms with Crippen molar-refractivity contribution < 1.29 is 14.3 Å². The van der Waals surface area contributed by atoms with E-state index in [2.05, 4.69) is 10.6 Å². The van der Waals surface area contributed by atoms with Crippen molar-refractivity contribution in [2.75, 3.05) is 17.2 Å². The highest BCUT2D eigenvalue weighted by Gasteiger charge is 2.32. The van der Waals surface area contributed by atoms with Crippen molar-refractivity contribution in [1.82, 2.24) is 0 Å². The van der Waals surface area contributed by atoms with Gasteiger partial charge in [-0.2, -0.15) is 0 Å². The van der Waals surface area contributed by atoms with E-state index < -0.39 is 0 Å². The molecule has 0 fully saturated rings. The number of fused-ring (bicyclic) bond motifs is 1. The standard InChI is InChI=1S/C20H22N2O3/c1-4-25-15-7-5-6-13(10-15)19(24)21-14-8-9-17-16(11-14)20(2,3)12-18(23)22-17/h5-11H,4,12H2,1-3H3,(H,21,24)(H,22,23). The highest BCUT2D eigenvalue weighted by Crippen LogP contribution is 2.38. The molecule has 0 aliphatic carbocycles. The monoisotopic (exact) mass is 338 g/mol. The Balaban J connectivity index is 1.83. The molecule has 0 saturated carbocycles. The van der Waals surface area contributed by atoms with Gasteiger partial charge in [0.25, 0.3) is 5.91 Å². The number of benzene rings is 2. The average molecular weight is 338 g/mol. The lowest BCUT2D eigenvalue weighted by Crippen LogP contribution is -2.32. The van der Waals surface area contributed by atoms with E-state index in [-0.39, 0.29) is 17.2 Å². The Kier molecular flexibility index (Phi) is 4.49. The molecule has 0 radical (unpaired) electrons. The highest BCUT2D eigenvalue weighted by molar-refractivity contribution is 6.05. The van der Waals surface area contributed by atoms with Gasteiger partial charge >= 0.3 is 0 Å². The smallest absolute Gasteiger partial charge is 0.255 e. The van der Waals surface area contributed by atoms with E-state index in [0.717, 1.165) is 11.3 Å². The zero-order valence-corrected chi connectivity index (χ0v) is 14.7. The molecule has 130 valence electrons. The van der Waals surface area contributed by atoms with Crippen LogP contribution in [0.1, 0.15) is 43.1 Å². The van der Waals surface area contributed by atoms with Gasteiger partial charge in [-0.1, -0.05) is 19.9 Å². The predicted octanol–water partition coefficient (Wildman–Crippen LogP) is 3.96. The zero-order chi connectivity index (χ0) is 18.0. The maximum Gasteiger partial charge on any atom is 0.255 e. The van der Waals surface area contributed by atoms with Crippen LogP contribution in [-0.4, -0.2) is 18.4 Å². The summed E-state index contributed by atoms with van der Waals surface area (Å²) in [5.41, 5.74) is 2.80. The lowest BCUT2D eigenvalue weighted by molar-refractivity contribution is -0.117. The number of hydrogen-bond acceptors (Lipinski definition) is 3. The third-order valence-corrected chi connectivity index (χ3v) is 4.29. The fourth-order valence-corrected chi connectivity index (χ4v) is 3.08. The van der Waals surface area contributed by atoms with Crippen molar-refractivity contribution in [3.05, 3.63) is 53.6 Å². The summed E-state index contributed by atoms with van der Waals surface area (Å²) >= 11 is 0. The van der Waals surface area contributed by atoms with E-state index >= 15 is 0 Å². The molecule has 2 amide bonds. The minimum absolute atomic E-state index is 0.0158. The topological polar surface area (TPSA) is 67.4 Å². The normalized spacial score (nSPS) is 15.1. The van der Waals surface area contributed by atoms with Crippen LogP contribution in [0.2, 0.25) is 0 Å². The molecule has 5 heteroatoms. The first kappa shape index (κ1) is 17.0. The van der Waals surface area contributed by atoms with Gasteiger partial charge in [0.1, 0.15) is 5.75 Å². The maximum atomic E-state index is 12.5. The summed E-state index contributed by atoms with van der Waals surface area (Å²) in [5, 5.41) is 5.80. The fraction of sp³-hybridized carbons (Fsp3) is 0.300. The average Bonchev–Trinajstić information content (AvgIpc) is 2.55. The zero-order valence-electron chi connectivity index (χ0n) is 14.7. The van der Waals surface area contributed by atoms with Crippen molar-refractivity contribution >= 4 is 23.2 Å². The summed E-state index contributed by atoms with van der Waals surface area (Å²) in [6.45, 7) is 6.51. The molecule has 0 bridgehead atoms. The molecule has 0 atom stereocenters. The molecule has 0 spiro atoms. The second-order valence-corrected chi connectivity index (χ2v) is 6.78. The molecular formula is C20H22N2O3. The van der Waals surface area contributed by atoms with Crippen molar-refractivity contribution in [3.8, 4) is 5.75 Å². The Hall–Kier alpha value is -2.82. The Morgan fingerprint density at radius 2 is 2.04 bits per heavy atom. The van der Waals surface area contributed by atoms with Crippen LogP contribution in [0.25, 0.3) is 0 Å². The number of nitrogens with one attached hydrogen (secondary N) is 2. The van der Waals surface area contributed by atoms with Crippen molar-refractivity contribution in [3.63, 3.8) is 0 Å². The third-order valence-electron chi connectivity index (χ3n) is 4.29. The van der Waals surface area contributed by atoms with E-state index in [1.54, 1.807) is 24.3 Å². The number of ether oxygens (including phenoxy) is 1. The van der Waals surface area contributed by atoms with Crippen LogP contribution in [0.3, 0.4) is 0 Å². The minimum atomic E-state index is -0.271. The molecule has 1 aliphatic heterocycles. The Morgan fingerprint density at radius 1 is 1.24 bits per heavy atom. The van der Waals surface area contributed by atoms with Gasteiger partial charge in [-0.15, -0.1) is 0 Å². The molecule has 0 saturated heterocycles. The van der Waals surface area contributed by atoms with Crippen LogP contribution in [0.5, 0.6) is 5.75 Å². The number of rotatable bonds is 4. The second-order valence-electron chi connectivity index (χ2n) is 6.78. The number of carbonyl (C=O) groups is 2. The van der Waals surface area contributed by atoms with E-state index in [9.17, 15) is 9.59 Å². The third kappa shape index (κ3) is 3.65. The van der Waals surface area contributed by atoms with Crippen molar-refractivity contribution in [1.29, 1.82) is 0 Å². The van der Waals surface area contributed by atoms with Gasteiger partial charge in [-0.3, -0.25) is 9.59 Å². The van der Waals surface area contributed by atoms with E-state index in [1.165, 1.54) is 0 Å². The first-order valence-corrected chi connectivity index (χ1v) is 8.37. The summed E-state index contributed by atoms with van der Waals surface area (Å²) < 4.78 is 5.44. The first-order valence-electron chi connectivity index (χ1n) is 8.37. The van der Waals surface area contributed by atoms with Crippen LogP contribution < -0.4 is 15.4 Å². The minimum Gasteiger partial charge on any atom is -0.494 e. The van der Waals surface area contributed by atoms with Crippen LogP contribution in [0.4, 0.5) is 11.4 Å². The summed E-state index contributed by atoms with van der Waals surface area (Å²) in [5.74, 6) is 0.491. The summed E-state index contributed by atoms with van der Waals surface area (Å²) in [7, 11) is 0. The molecule has 2 N–H and O–H groups in total. The number of carbonyl (C=O) groups excluding carboxylic acids is 2. The molecular weight excluding hydrogens is 316 g/mol. The molecule has 2 aromatic carbocycles. The van der Waals surface area contributed by atoms with Gasteiger partial charge in [0.05, 0.1) is 6.61 Å². The number of anilines is 2.